The van der Waals surface area contributed by atoms with Gasteiger partial charge in [0.25, 0.3) is 0 Å². The van der Waals surface area contributed by atoms with E-state index in [2.05, 4.69) is 12.0 Å². The molecule has 0 atom stereocenters. The lowest BCUT2D eigenvalue weighted by Gasteiger charge is -2.01. The van der Waals surface area contributed by atoms with E-state index >= 15 is 0 Å². The van der Waals surface area contributed by atoms with E-state index in [1.807, 2.05) is 61.5 Å². The van der Waals surface area contributed by atoms with Crippen LogP contribution in [0.4, 0.5) is 0 Å². The first-order valence-corrected chi connectivity index (χ1v) is 6.58. The first-order chi connectivity index (χ1) is 9.66. The van der Waals surface area contributed by atoms with Crippen LogP contribution in [0.15, 0.2) is 54.6 Å². The molecule has 0 bridgehead atoms. The fourth-order valence-corrected chi connectivity index (χ4v) is 2.22. The topological polar surface area (TPSA) is 38.0 Å². The molecule has 0 aliphatic carbocycles. The first kappa shape index (κ1) is 12.5. The summed E-state index contributed by atoms with van der Waals surface area (Å²) in [4.78, 5) is 0. The van der Waals surface area contributed by atoms with Crippen molar-refractivity contribution in [2.45, 2.75) is 13.8 Å². The Kier molecular flexibility index (Phi) is 3.03. The van der Waals surface area contributed by atoms with E-state index in [4.69, 9.17) is 0 Å². The minimum absolute atomic E-state index is 0.187. The van der Waals surface area contributed by atoms with Gasteiger partial charge in [-0.1, -0.05) is 48.0 Å². The standard InChI is InChI=1S/C17H16N2O/c1-12-8-10-14(11-9-12)16-13(2)17(20)19(18-16)15-6-4-3-5-7-15/h3-11,20H,1-2H3. The van der Waals surface area contributed by atoms with Crippen molar-refractivity contribution in [2.24, 2.45) is 0 Å². The van der Waals surface area contributed by atoms with Gasteiger partial charge in [0.2, 0.25) is 5.88 Å². The Morgan fingerprint density at radius 3 is 2.20 bits per heavy atom. The molecule has 3 rings (SSSR count). The van der Waals surface area contributed by atoms with E-state index in [1.54, 1.807) is 4.68 Å². The van der Waals surface area contributed by atoms with E-state index in [0.717, 1.165) is 22.5 Å². The van der Waals surface area contributed by atoms with Gasteiger partial charge < -0.3 is 5.11 Å². The number of aryl methyl sites for hydroxylation is 1. The molecule has 0 amide bonds. The van der Waals surface area contributed by atoms with Crippen LogP contribution in [0.25, 0.3) is 16.9 Å². The molecule has 1 N–H and O–H groups in total. The van der Waals surface area contributed by atoms with Gasteiger partial charge in [0.15, 0.2) is 0 Å². The van der Waals surface area contributed by atoms with Crippen LogP contribution < -0.4 is 0 Å². The highest BCUT2D eigenvalue weighted by Crippen LogP contribution is 2.30. The van der Waals surface area contributed by atoms with Gasteiger partial charge in [-0.15, -0.1) is 0 Å². The summed E-state index contributed by atoms with van der Waals surface area (Å²) in [5, 5.41) is 14.8. The minimum atomic E-state index is 0.187. The molecule has 3 nitrogen and oxygen atoms in total. The Labute approximate surface area is 118 Å². The number of benzene rings is 2. The summed E-state index contributed by atoms with van der Waals surface area (Å²) >= 11 is 0. The van der Waals surface area contributed by atoms with Crippen LogP contribution in [-0.2, 0) is 0 Å². The lowest BCUT2D eigenvalue weighted by molar-refractivity contribution is 0.430. The highest BCUT2D eigenvalue weighted by Gasteiger charge is 2.15. The van der Waals surface area contributed by atoms with Crippen molar-refractivity contribution >= 4 is 0 Å². The first-order valence-electron chi connectivity index (χ1n) is 6.58. The van der Waals surface area contributed by atoms with Gasteiger partial charge in [-0.2, -0.15) is 5.10 Å². The van der Waals surface area contributed by atoms with Crippen molar-refractivity contribution < 1.29 is 5.11 Å². The van der Waals surface area contributed by atoms with Crippen molar-refractivity contribution in [1.29, 1.82) is 0 Å². The molecule has 0 saturated heterocycles. The maximum Gasteiger partial charge on any atom is 0.217 e. The molecule has 0 aliphatic heterocycles. The van der Waals surface area contributed by atoms with E-state index in [0.29, 0.717) is 0 Å². The molecule has 0 saturated carbocycles. The predicted molar refractivity (Wildman–Crippen MR) is 80.1 cm³/mol. The van der Waals surface area contributed by atoms with Crippen molar-refractivity contribution in [1.82, 2.24) is 9.78 Å². The predicted octanol–water partition coefficient (Wildman–Crippen LogP) is 3.86. The fraction of sp³-hybridized carbons (Fsp3) is 0.118. The summed E-state index contributed by atoms with van der Waals surface area (Å²) in [7, 11) is 0. The second-order valence-corrected chi connectivity index (χ2v) is 4.91. The van der Waals surface area contributed by atoms with E-state index in [1.165, 1.54) is 5.56 Å². The van der Waals surface area contributed by atoms with Crippen molar-refractivity contribution in [3.8, 4) is 22.8 Å². The maximum absolute atomic E-state index is 10.3. The van der Waals surface area contributed by atoms with E-state index in [-0.39, 0.29) is 5.88 Å². The summed E-state index contributed by atoms with van der Waals surface area (Å²) in [6.07, 6.45) is 0. The number of hydrogen-bond acceptors (Lipinski definition) is 2. The van der Waals surface area contributed by atoms with Gasteiger partial charge in [-0.25, -0.2) is 4.68 Å². The quantitative estimate of drug-likeness (QED) is 0.763. The van der Waals surface area contributed by atoms with Gasteiger partial charge >= 0.3 is 0 Å². The molecule has 3 heteroatoms. The van der Waals surface area contributed by atoms with Gasteiger partial charge in [-0.3, -0.25) is 0 Å². The molecule has 1 aromatic heterocycles. The van der Waals surface area contributed by atoms with Crippen LogP contribution in [0.3, 0.4) is 0 Å². The molecular formula is C17H16N2O. The average Bonchev–Trinajstić information content (AvgIpc) is 2.77. The molecule has 3 aromatic rings. The maximum atomic E-state index is 10.3. The van der Waals surface area contributed by atoms with Gasteiger partial charge in [0.1, 0.15) is 0 Å². The fourth-order valence-electron chi connectivity index (χ4n) is 2.22. The van der Waals surface area contributed by atoms with Gasteiger partial charge in [-0.05, 0) is 26.0 Å². The molecule has 1 heterocycles. The Morgan fingerprint density at radius 1 is 0.900 bits per heavy atom. The normalized spacial score (nSPS) is 10.7. The summed E-state index contributed by atoms with van der Waals surface area (Å²) < 4.78 is 1.57. The second-order valence-electron chi connectivity index (χ2n) is 4.91. The molecule has 20 heavy (non-hydrogen) atoms. The molecular weight excluding hydrogens is 248 g/mol. The molecule has 0 unspecified atom stereocenters. The highest BCUT2D eigenvalue weighted by atomic mass is 16.3. The molecule has 0 fully saturated rings. The van der Waals surface area contributed by atoms with E-state index < -0.39 is 0 Å². The minimum Gasteiger partial charge on any atom is -0.493 e. The zero-order chi connectivity index (χ0) is 14.1. The zero-order valence-electron chi connectivity index (χ0n) is 11.5. The number of rotatable bonds is 2. The summed E-state index contributed by atoms with van der Waals surface area (Å²) in [5.74, 6) is 0.187. The Morgan fingerprint density at radius 2 is 1.55 bits per heavy atom. The average molecular weight is 264 g/mol. The number of hydrogen-bond donors (Lipinski definition) is 1. The molecule has 100 valence electrons. The number of para-hydroxylation sites is 1. The van der Waals surface area contributed by atoms with Crippen LogP contribution >= 0.6 is 0 Å². The number of nitrogens with zero attached hydrogens (tertiary/aromatic N) is 2. The summed E-state index contributed by atoms with van der Waals surface area (Å²) in [5.41, 5.74) is 4.67. The lowest BCUT2D eigenvalue weighted by Crippen LogP contribution is -1.95. The van der Waals surface area contributed by atoms with Crippen LogP contribution in [-0.4, -0.2) is 14.9 Å². The molecule has 2 aromatic carbocycles. The zero-order valence-corrected chi connectivity index (χ0v) is 11.5. The third-order valence-electron chi connectivity index (χ3n) is 3.42. The smallest absolute Gasteiger partial charge is 0.217 e. The monoisotopic (exact) mass is 264 g/mol. The van der Waals surface area contributed by atoms with Crippen molar-refractivity contribution in [3.63, 3.8) is 0 Å². The van der Waals surface area contributed by atoms with Crippen LogP contribution in [0.1, 0.15) is 11.1 Å². The SMILES string of the molecule is Cc1ccc(-c2nn(-c3ccccc3)c(O)c2C)cc1. The van der Waals surface area contributed by atoms with E-state index in [9.17, 15) is 5.11 Å². The third-order valence-corrected chi connectivity index (χ3v) is 3.42. The van der Waals surface area contributed by atoms with Crippen LogP contribution in [0.2, 0.25) is 0 Å². The largest absolute Gasteiger partial charge is 0.493 e. The van der Waals surface area contributed by atoms with Crippen LogP contribution in [0, 0.1) is 13.8 Å². The Hall–Kier alpha value is -2.55. The molecule has 0 aliphatic rings. The number of aromatic nitrogens is 2. The van der Waals surface area contributed by atoms with Crippen LogP contribution in [0.5, 0.6) is 5.88 Å². The van der Waals surface area contributed by atoms with Gasteiger partial charge in [0, 0.05) is 11.1 Å². The number of aromatic hydroxyl groups is 1. The van der Waals surface area contributed by atoms with Gasteiger partial charge in [0.05, 0.1) is 11.4 Å². The summed E-state index contributed by atoms with van der Waals surface area (Å²) in [6, 6.07) is 17.8. The second kappa shape index (κ2) is 4.85. The summed E-state index contributed by atoms with van der Waals surface area (Å²) in [6.45, 7) is 3.94. The van der Waals surface area contributed by atoms with Crippen molar-refractivity contribution in [3.05, 3.63) is 65.7 Å². The Balaban J connectivity index is 2.13. The molecule has 0 radical (unpaired) electrons. The third kappa shape index (κ3) is 2.07. The van der Waals surface area contributed by atoms with Crippen molar-refractivity contribution in [2.75, 3.05) is 0 Å². The lowest BCUT2D eigenvalue weighted by atomic mass is 10.1. The molecule has 0 spiro atoms. The Bertz CT molecular complexity index is 728. The highest BCUT2D eigenvalue weighted by molar-refractivity contribution is 5.66.